The van der Waals surface area contributed by atoms with E-state index in [-0.39, 0.29) is 16.8 Å². The zero-order valence-corrected chi connectivity index (χ0v) is 16.5. The van der Waals surface area contributed by atoms with Gasteiger partial charge in [-0.1, -0.05) is 24.3 Å². The van der Waals surface area contributed by atoms with Crippen molar-refractivity contribution in [3.05, 3.63) is 65.2 Å². The highest BCUT2D eigenvalue weighted by molar-refractivity contribution is 7.89. The number of sulfonamides is 1. The first-order valence-electron chi connectivity index (χ1n) is 9.73. The molecule has 0 aromatic heterocycles. The van der Waals surface area contributed by atoms with Gasteiger partial charge in [0.05, 0.1) is 4.90 Å². The minimum Gasteiger partial charge on any atom is -0.322 e. The summed E-state index contributed by atoms with van der Waals surface area (Å²) in [5, 5.41) is 2.97. The van der Waals surface area contributed by atoms with Crippen molar-refractivity contribution in [2.24, 2.45) is 0 Å². The molecule has 0 heterocycles. The van der Waals surface area contributed by atoms with Crippen LogP contribution in [-0.4, -0.2) is 20.4 Å². The van der Waals surface area contributed by atoms with Crippen molar-refractivity contribution in [2.45, 2.75) is 49.5 Å². The standard InChI is InChI=1S/C22H24N2O3S/c25-22(23-21-7-3-5-17-4-1-2-6-20(17)21)15-10-16-8-13-19(14-9-16)28(26,27)24-18-11-12-18/h3,5,7-10,13-15,18,24H,1-2,4,6,11-12H2,(H,23,25)/b15-10+. The number of hydrogen-bond acceptors (Lipinski definition) is 3. The summed E-state index contributed by atoms with van der Waals surface area (Å²) in [6.07, 6.45) is 9.40. The number of nitrogens with one attached hydrogen (secondary N) is 2. The maximum atomic E-state index is 12.3. The third kappa shape index (κ3) is 4.51. The molecule has 1 fully saturated rings. The second-order valence-corrected chi connectivity index (χ2v) is 9.15. The van der Waals surface area contributed by atoms with Crippen LogP contribution in [0, 0.1) is 0 Å². The summed E-state index contributed by atoms with van der Waals surface area (Å²) in [5.74, 6) is -0.189. The van der Waals surface area contributed by atoms with Gasteiger partial charge in [0, 0.05) is 17.8 Å². The van der Waals surface area contributed by atoms with Crippen LogP contribution in [0.2, 0.25) is 0 Å². The Kier molecular flexibility index (Phi) is 5.33. The Balaban J connectivity index is 1.41. The van der Waals surface area contributed by atoms with E-state index in [9.17, 15) is 13.2 Å². The quantitative estimate of drug-likeness (QED) is 0.732. The molecule has 0 unspecified atom stereocenters. The highest BCUT2D eigenvalue weighted by Gasteiger charge is 2.27. The maximum absolute atomic E-state index is 12.3. The van der Waals surface area contributed by atoms with Crippen molar-refractivity contribution >= 4 is 27.7 Å². The van der Waals surface area contributed by atoms with Crippen molar-refractivity contribution in [3.8, 4) is 0 Å². The number of anilines is 1. The van der Waals surface area contributed by atoms with E-state index in [0.717, 1.165) is 43.4 Å². The van der Waals surface area contributed by atoms with Crippen LogP contribution in [0.15, 0.2) is 53.4 Å². The van der Waals surface area contributed by atoms with E-state index in [1.807, 2.05) is 12.1 Å². The Morgan fingerprint density at radius 3 is 2.50 bits per heavy atom. The third-order valence-corrected chi connectivity index (χ3v) is 6.71. The molecular formula is C22H24N2O3S. The summed E-state index contributed by atoms with van der Waals surface area (Å²) in [6.45, 7) is 0. The molecule has 0 spiro atoms. The lowest BCUT2D eigenvalue weighted by molar-refractivity contribution is -0.111. The van der Waals surface area contributed by atoms with Gasteiger partial charge in [0.1, 0.15) is 0 Å². The van der Waals surface area contributed by atoms with Gasteiger partial charge in [-0.15, -0.1) is 0 Å². The minimum absolute atomic E-state index is 0.0806. The average Bonchev–Trinajstić information content (AvgIpc) is 3.50. The zero-order chi connectivity index (χ0) is 19.6. The Morgan fingerprint density at radius 2 is 1.75 bits per heavy atom. The van der Waals surface area contributed by atoms with Gasteiger partial charge in [-0.3, -0.25) is 4.79 Å². The fourth-order valence-corrected chi connectivity index (χ4v) is 4.80. The fourth-order valence-electron chi connectivity index (χ4n) is 3.49. The summed E-state index contributed by atoms with van der Waals surface area (Å²) < 4.78 is 27.0. The molecule has 2 aliphatic carbocycles. The average molecular weight is 397 g/mol. The third-order valence-electron chi connectivity index (χ3n) is 5.17. The van der Waals surface area contributed by atoms with Crippen LogP contribution in [0.3, 0.4) is 0 Å². The predicted octanol–water partition coefficient (Wildman–Crippen LogP) is 3.66. The Hall–Kier alpha value is -2.44. The summed E-state index contributed by atoms with van der Waals surface area (Å²) >= 11 is 0. The lowest BCUT2D eigenvalue weighted by atomic mass is 9.90. The molecule has 2 aromatic rings. The predicted molar refractivity (Wildman–Crippen MR) is 111 cm³/mol. The molecule has 146 valence electrons. The maximum Gasteiger partial charge on any atom is 0.248 e. The highest BCUT2D eigenvalue weighted by Crippen LogP contribution is 2.28. The molecule has 0 saturated heterocycles. The lowest BCUT2D eigenvalue weighted by Gasteiger charge is -2.19. The number of amides is 1. The molecule has 1 saturated carbocycles. The second kappa shape index (κ2) is 7.89. The van der Waals surface area contributed by atoms with E-state index in [0.29, 0.717) is 0 Å². The fraction of sp³-hybridized carbons (Fsp3) is 0.318. The van der Waals surface area contributed by atoms with Crippen LogP contribution >= 0.6 is 0 Å². The van der Waals surface area contributed by atoms with E-state index in [4.69, 9.17) is 0 Å². The molecule has 0 radical (unpaired) electrons. The molecule has 2 aromatic carbocycles. The number of aryl methyl sites for hydroxylation is 1. The first-order chi connectivity index (χ1) is 13.5. The summed E-state index contributed by atoms with van der Waals surface area (Å²) in [7, 11) is -3.45. The van der Waals surface area contributed by atoms with Gasteiger partial charge in [-0.05, 0) is 79.5 Å². The van der Waals surface area contributed by atoms with Crippen molar-refractivity contribution in [2.75, 3.05) is 5.32 Å². The van der Waals surface area contributed by atoms with E-state index in [1.165, 1.54) is 23.6 Å². The van der Waals surface area contributed by atoms with Gasteiger partial charge in [-0.2, -0.15) is 0 Å². The first kappa shape index (κ1) is 18.9. The summed E-state index contributed by atoms with van der Waals surface area (Å²) in [5.41, 5.74) is 4.23. The van der Waals surface area contributed by atoms with Crippen molar-refractivity contribution < 1.29 is 13.2 Å². The number of hydrogen-bond donors (Lipinski definition) is 2. The SMILES string of the molecule is O=C(/C=C/c1ccc(S(=O)(=O)NC2CC2)cc1)Nc1cccc2c1CCCC2. The van der Waals surface area contributed by atoms with Crippen LogP contribution in [-0.2, 0) is 27.7 Å². The smallest absolute Gasteiger partial charge is 0.248 e. The number of rotatable bonds is 6. The number of benzene rings is 2. The molecule has 5 nitrogen and oxygen atoms in total. The molecule has 1 amide bonds. The monoisotopic (exact) mass is 396 g/mol. The van der Waals surface area contributed by atoms with E-state index < -0.39 is 10.0 Å². The number of carbonyl (C=O) groups is 1. The Morgan fingerprint density at radius 1 is 1.00 bits per heavy atom. The van der Waals surface area contributed by atoms with Gasteiger partial charge >= 0.3 is 0 Å². The van der Waals surface area contributed by atoms with Crippen molar-refractivity contribution in [1.29, 1.82) is 0 Å². The van der Waals surface area contributed by atoms with Gasteiger partial charge < -0.3 is 5.32 Å². The first-order valence-corrected chi connectivity index (χ1v) is 11.2. The van der Waals surface area contributed by atoms with Gasteiger partial charge in [-0.25, -0.2) is 13.1 Å². The lowest BCUT2D eigenvalue weighted by Crippen LogP contribution is -2.25. The van der Waals surface area contributed by atoms with Gasteiger partial charge in [0.15, 0.2) is 0 Å². The molecule has 6 heteroatoms. The molecule has 28 heavy (non-hydrogen) atoms. The highest BCUT2D eigenvalue weighted by atomic mass is 32.2. The largest absolute Gasteiger partial charge is 0.322 e. The van der Waals surface area contributed by atoms with Crippen LogP contribution < -0.4 is 10.0 Å². The van der Waals surface area contributed by atoms with Crippen molar-refractivity contribution in [3.63, 3.8) is 0 Å². The normalized spacial score (nSPS) is 16.7. The summed E-state index contributed by atoms with van der Waals surface area (Å²) in [6, 6.07) is 12.7. The molecule has 2 aliphatic rings. The number of carbonyl (C=O) groups excluding carboxylic acids is 1. The topological polar surface area (TPSA) is 75.3 Å². The summed E-state index contributed by atoms with van der Waals surface area (Å²) in [4.78, 5) is 12.6. The Bertz CT molecular complexity index is 1010. The van der Waals surface area contributed by atoms with Crippen molar-refractivity contribution in [1.82, 2.24) is 4.72 Å². The van der Waals surface area contributed by atoms with E-state index in [2.05, 4.69) is 16.1 Å². The molecule has 0 aliphatic heterocycles. The Labute approximate surface area is 165 Å². The van der Waals surface area contributed by atoms with E-state index in [1.54, 1.807) is 30.3 Å². The van der Waals surface area contributed by atoms with Crippen LogP contribution in [0.1, 0.15) is 42.4 Å². The molecular weight excluding hydrogens is 372 g/mol. The molecule has 4 rings (SSSR count). The number of fused-ring (bicyclic) bond motifs is 1. The van der Waals surface area contributed by atoms with Gasteiger partial charge in [0.2, 0.25) is 15.9 Å². The van der Waals surface area contributed by atoms with Gasteiger partial charge in [0.25, 0.3) is 0 Å². The molecule has 0 bridgehead atoms. The second-order valence-electron chi connectivity index (χ2n) is 7.44. The van der Waals surface area contributed by atoms with Crippen LogP contribution in [0.5, 0.6) is 0 Å². The zero-order valence-electron chi connectivity index (χ0n) is 15.6. The minimum atomic E-state index is -3.45. The molecule has 2 N–H and O–H groups in total. The molecule has 0 atom stereocenters. The van der Waals surface area contributed by atoms with Crippen LogP contribution in [0.4, 0.5) is 5.69 Å². The van der Waals surface area contributed by atoms with Crippen LogP contribution in [0.25, 0.3) is 6.08 Å². The van der Waals surface area contributed by atoms with E-state index >= 15 is 0 Å².